The van der Waals surface area contributed by atoms with Gasteiger partial charge in [0.25, 0.3) is 0 Å². The lowest BCUT2D eigenvalue weighted by molar-refractivity contribution is -0.163. The van der Waals surface area contributed by atoms with Crippen molar-refractivity contribution in [2.75, 3.05) is 11.9 Å². The minimum absolute atomic E-state index is 0.0949. The summed E-state index contributed by atoms with van der Waals surface area (Å²) in [6.45, 7) is 6.62. The molecule has 0 fully saturated rings. The zero-order valence-electron chi connectivity index (χ0n) is 21.8. The van der Waals surface area contributed by atoms with Crippen LogP contribution in [0, 0.1) is 0 Å². The predicted octanol–water partition coefficient (Wildman–Crippen LogP) is 3.86. The first-order valence-corrected chi connectivity index (χ1v) is 12.5. The highest BCUT2D eigenvalue weighted by atomic mass is 16.7. The van der Waals surface area contributed by atoms with E-state index in [4.69, 9.17) is 14.3 Å². The number of aromatic nitrogens is 5. The average Bonchev–Trinajstić information content (AvgIpc) is 3.30. The number of carbonyl (C=O) groups is 1. The van der Waals surface area contributed by atoms with Gasteiger partial charge in [0.2, 0.25) is 11.7 Å². The van der Waals surface area contributed by atoms with Gasteiger partial charge in [-0.25, -0.2) is 9.67 Å². The van der Waals surface area contributed by atoms with Crippen LogP contribution in [0.1, 0.15) is 63.5 Å². The fourth-order valence-electron chi connectivity index (χ4n) is 3.52. The Hall–Kier alpha value is -3.70. The SMILES string of the molecule is CCOC(CCCCC(=O)Nc1cccc(CON=C(c2ccccc2)c2nnnn2C)n1)OC(C)C. The lowest BCUT2D eigenvalue weighted by Crippen LogP contribution is -2.21. The Kier molecular flexibility index (Phi) is 11.1. The highest BCUT2D eigenvalue weighted by Gasteiger charge is 2.15. The third-order valence-corrected chi connectivity index (χ3v) is 5.19. The van der Waals surface area contributed by atoms with Crippen LogP contribution in [0.4, 0.5) is 5.82 Å². The fourth-order valence-corrected chi connectivity index (χ4v) is 3.52. The number of oxime groups is 1. The number of benzene rings is 1. The smallest absolute Gasteiger partial charge is 0.225 e. The molecule has 3 aromatic rings. The highest BCUT2D eigenvalue weighted by molar-refractivity contribution is 6.10. The number of pyridine rings is 1. The standard InChI is InChI=1S/C26H35N7O4/c1-5-35-24(37-19(2)3)17-10-9-16-23(34)28-22-15-11-14-21(27-22)18-36-30-25(20-12-7-6-8-13-20)26-29-31-32-33(26)4/h6-8,11-15,19,24H,5,9-10,16-18H2,1-4H3,(H,27,28,34). The van der Waals surface area contributed by atoms with Gasteiger partial charge in [-0.05, 0) is 62.6 Å². The molecule has 1 amide bonds. The Morgan fingerprint density at radius 2 is 1.92 bits per heavy atom. The minimum atomic E-state index is -0.235. The number of nitrogens with zero attached hydrogens (tertiary/aromatic N) is 6. The topological polar surface area (TPSA) is 126 Å². The van der Waals surface area contributed by atoms with Gasteiger partial charge in [0.1, 0.15) is 5.82 Å². The van der Waals surface area contributed by atoms with Gasteiger partial charge < -0.3 is 19.6 Å². The molecule has 0 aliphatic heterocycles. The first-order valence-electron chi connectivity index (χ1n) is 12.5. The maximum Gasteiger partial charge on any atom is 0.225 e. The van der Waals surface area contributed by atoms with Crippen LogP contribution >= 0.6 is 0 Å². The first kappa shape index (κ1) is 27.9. The number of aryl methyl sites for hydroxylation is 1. The molecule has 0 aliphatic rings. The summed E-state index contributed by atoms with van der Waals surface area (Å²) < 4.78 is 12.9. The summed E-state index contributed by atoms with van der Waals surface area (Å²) in [5.74, 6) is 0.845. The molecular formula is C26H35N7O4. The molecule has 2 heterocycles. The Morgan fingerprint density at radius 1 is 1.11 bits per heavy atom. The quantitative estimate of drug-likeness (QED) is 0.142. The van der Waals surface area contributed by atoms with Gasteiger partial charge in [0.05, 0.1) is 11.8 Å². The zero-order chi connectivity index (χ0) is 26.5. The number of hydrogen-bond donors (Lipinski definition) is 1. The van der Waals surface area contributed by atoms with E-state index in [9.17, 15) is 4.79 Å². The van der Waals surface area contributed by atoms with Crippen LogP contribution in [-0.4, -0.2) is 55.8 Å². The Balaban J connectivity index is 1.51. The summed E-state index contributed by atoms with van der Waals surface area (Å²) in [5.41, 5.74) is 1.94. The molecule has 37 heavy (non-hydrogen) atoms. The van der Waals surface area contributed by atoms with Gasteiger partial charge in [-0.3, -0.25) is 4.79 Å². The van der Waals surface area contributed by atoms with Crippen LogP contribution in [0.25, 0.3) is 0 Å². The van der Waals surface area contributed by atoms with Crippen molar-refractivity contribution in [1.29, 1.82) is 0 Å². The van der Waals surface area contributed by atoms with E-state index in [1.165, 1.54) is 4.68 Å². The second-order valence-corrected chi connectivity index (χ2v) is 8.58. The first-order chi connectivity index (χ1) is 18.0. The molecule has 0 spiro atoms. The van der Waals surface area contributed by atoms with Crippen molar-refractivity contribution in [2.45, 2.75) is 65.5 Å². The van der Waals surface area contributed by atoms with Gasteiger partial charge in [-0.15, -0.1) is 5.10 Å². The van der Waals surface area contributed by atoms with E-state index >= 15 is 0 Å². The maximum absolute atomic E-state index is 12.4. The summed E-state index contributed by atoms with van der Waals surface area (Å²) >= 11 is 0. The van der Waals surface area contributed by atoms with Gasteiger partial charge in [-0.1, -0.05) is 41.6 Å². The third-order valence-electron chi connectivity index (χ3n) is 5.19. The summed E-state index contributed by atoms with van der Waals surface area (Å²) in [4.78, 5) is 22.5. The molecule has 11 heteroatoms. The monoisotopic (exact) mass is 509 g/mol. The fraction of sp³-hybridized carbons (Fsp3) is 0.462. The van der Waals surface area contributed by atoms with E-state index in [-0.39, 0.29) is 24.9 Å². The van der Waals surface area contributed by atoms with E-state index in [0.717, 1.165) is 24.8 Å². The number of unbranched alkanes of at least 4 members (excludes halogenated alkanes) is 1. The van der Waals surface area contributed by atoms with Crippen molar-refractivity contribution >= 4 is 17.4 Å². The van der Waals surface area contributed by atoms with Gasteiger partial charge >= 0.3 is 0 Å². The molecule has 3 rings (SSSR count). The van der Waals surface area contributed by atoms with E-state index in [1.807, 2.05) is 57.2 Å². The number of tetrazole rings is 1. The zero-order valence-corrected chi connectivity index (χ0v) is 21.8. The van der Waals surface area contributed by atoms with Crippen molar-refractivity contribution in [1.82, 2.24) is 25.2 Å². The molecule has 2 aromatic heterocycles. The van der Waals surface area contributed by atoms with Crippen molar-refractivity contribution < 1.29 is 19.1 Å². The molecule has 1 N–H and O–H groups in total. The summed E-state index contributed by atoms with van der Waals surface area (Å²) in [7, 11) is 1.73. The molecule has 1 unspecified atom stereocenters. The van der Waals surface area contributed by atoms with Crippen LogP contribution in [-0.2, 0) is 32.8 Å². The molecule has 0 radical (unpaired) electrons. The number of amides is 1. The molecule has 0 saturated heterocycles. The normalized spacial score (nSPS) is 12.5. The second kappa shape index (κ2) is 14.8. The van der Waals surface area contributed by atoms with Crippen LogP contribution in [0.2, 0.25) is 0 Å². The van der Waals surface area contributed by atoms with E-state index in [0.29, 0.717) is 36.1 Å². The number of anilines is 1. The highest BCUT2D eigenvalue weighted by Crippen LogP contribution is 2.13. The van der Waals surface area contributed by atoms with Crippen molar-refractivity contribution in [2.24, 2.45) is 12.2 Å². The molecule has 1 atom stereocenters. The molecule has 1 aromatic carbocycles. The Labute approximate surface area is 217 Å². The third kappa shape index (κ3) is 9.36. The van der Waals surface area contributed by atoms with Crippen molar-refractivity contribution in [3.8, 4) is 0 Å². The van der Waals surface area contributed by atoms with E-state index in [2.05, 4.69) is 31.0 Å². The lowest BCUT2D eigenvalue weighted by atomic mass is 10.1. The number of nitrogens with one attached hydrogen (secondary N) is 1. The largest absolute Gasteiger partial charge is 0.389 e. The number of hydrogen-bond acceptors (Lipinski definition) is 9. The molecular weight excluding hydrogens is 474 g/mol. The van der Waals surface area contributed by atoms with E-state index in [1.54, 1.807) is 19.2 Å². The summed E-state index contributed by atoms with van der Waals surface area (Å²) in [6, 6.07) is 14.9. The molecule has 0 saturated carbocycles. The van der Waals surface area contributed by atoms with Crippen molar-refractivity contribution in [3.63, 3.8) is 0 Å². The maximum atomic E-state index is 12.4. The minimum Gasteiger partial charge on any atom is -0.389 e. The van der Waals surface area contributed by atoms with Gasteiger partial charge in [0.15, 0.2) is 18.6 Å². The van der Waals surface area contributed by atoms with E-state index < -0.39 is 0 Å². The molecule has 0 bridgehead atoms. The summed E-state index contributed by atoms with van der Waals surface area (Å²) in [6.07, 6.45) is 2.56. The molecule has 11 nitrogen and oxygen atoms in total. The average molecular weight is 510 g/mol. The summed E-state index contributed by atoms with van der Waals surface area (Å²) in [5, 5.41) is 18.7. The van der Waals surface area contributed by atoms with Gasteiger partial charge in [0, 0.05) is 25.6 Å². The van der Waals surface area contributed by atoms with Crippen LogP contribution < -0.4 is 5.32 Å². The second-order valence-electron chi connectivity index (χ2n) is 8.58. The van der Waals surface area contributed by atoms with Crippen LogP contribution in [0.3, 0.4) is 0 Å². The number of rotatable bonds is 15. The number of carbonyl (C=O) groups excluding carboxylic acids is 1. The number of ether oxygens (including phenoxy) is 2. The van der Waals surface area contributed by atoms with Crippen LogP contribution in [0.15, 0.2) is 53.7 Å². The van der Waals surface area contributed by atoms with Crippen molar-refractivity contribution in [3.05, 3.63) is 65.6 Å². The molecule has 0 aliphatic carbocycles. The predicted molar refractivity (Wildman–Crippen MR) is 139 cm³/mol. The van der Waals surface area contributed by atoms with Gasteiger partial charge in [-0.2, -0.15) is 0 Å². The Bertz CT molecular complexity index is 1130. The molecule has 198 valence electrons. The lowest BCUT2D eigenvalue weighted by Gasteiger charge is -2.20. The van der Waals surface area contributed by atoms with Crippen LogP contribution in [0.5, 0.6) is 0 Å². The Morgan fingerprint density at radius 3 is 2.62 bits per heavy atom.